The van der Waals surface area contributed by atoms with Crippen LogP contribution in [0.25, 0.3) is 0 Å². The summed E-state index contributed by atoms with van der Waals surface area (Å²) in [6.45, 7) is 3.87. The number of nitrogens with one attached hydrogen (secondary N) is 1. The minimum atomic E-state index is -0.250. The fourth-order valence-electron chi connectivity index (χ4n) is 4.49. The number of halogens is 1. The zero-order chi connectivity index (χ0) is 23.8. The fourth-order valence-corrected chi connectivity index (χ4v) is 4.49. The van der Waals surface area contributed by atoms with Gasteiger partial charge >= 0.3 is 0 Å². The van der Waals surface area contributed by atoms with Gasteiger partial charge in [-0.05, 0) is 55.0 Å². The van der Waals surface area contributed by atoms with Gasteiger partial charge in [-0.3, -0.25) is 14.5 Å². The van der Waals surface area contributed by atoms with Crippen molar-refractivity contribution in [1.29, 1.82) is 0 Å². The van der Waals surface area contributed by atoms with Crippen molar-refractivity contribution >= 4 is 12.4 Å². The van der Waals surface area contributed by atoms with Gasteiger partial charge < -0.3 is 20.3 Å². The number of rotatable bonds is 6. The van der Waals surface area contributed by atoms with Crippen LogP contribution in [-0.4, -0.2) is 72.0 Å². The first-order chi connectivity index (χ1) is 15.9. The number of morpholine rings is 1. The fraction of sp³-hybridized carbons (Fsp3) is 0.440. The van der Waals surface area contributed by atoms with E-state index in [2.05, 4.69) is 10.2 Å². The molecular weight excluding hydrogens is 427 g/mol. The summed E-state index contributed by atoms with van der Waals surface area (Å²) in [7, 11) is 0. The molecule has 2 aromatic carbocycles. The van der Waals surface area contributed by atoms with Gasteiger partial charge in [0, 0.05) is 37.3 Å². The molecule has 1 amide bonds. The highest BCUT2D eigenvalue weighted by Gasteiger charge is 2.37. The maximum absolute atomic E-state index is 13.9. The molecule has 0 spiro atoms. The Bertz CT molecular complexity index is 954. The minimum Gasteiger partial charge on any atom is -0.483 e. The second kappa shape index (κ2) is 11.9. The van der Waals surface area contributed by atoms with Crippen LogP contribution in [0, 0.1) is 12.7 Å². The van der Waals surface area contributed by atoms with Crippen LogP contribution in [0.2, 0.25) is 0 Å². The maximum atomic E-state index is 13.9. The average molecular weight is 459 g/mol. The summed E-state index contributed by atoms with van der Waals surface area (Å²) >= 11 is 0. The quantitative estimate of drug-likeness (QED) is 0.575. The number of carbonyl (C=O) groups excluding carboxylic acids is 1. The number of aryl methyl sites for hydroxylation is 1. The molecule has 178 valence electrons. The maximum Gasteiger partial charge on any atom is 0.290 e. The number of nitrogens with zero attached hydrogens (tertiary/aromatic N) is 1. The van der Waals surface area contributed by atoms with Gasteiger partial charge in [-0.15, -0.1) is 0 Å². The zero-order valence-corrected chi connectivity index (χ0v) is 18.7. The predicted molar refractivity (Wildman–Crippen MR) is 122 cm³/mol. The molecule has 0 saturated carbocycles. The molecule has 8 heteroatoms. The standard InChI is InChI=1S/C24H29FN2O3.CH2O2/c1-16-6-7-17(11-23(16)25)10-18-4-2-3-5-22(18)24(29)26-19-12-20-15-30-21(8-9-28)14-27(20)13-19;2-1-3/h2-7,11,19-21,28H,8-10,12-15H2,1H3,(H,26,29);1H,(H,2,3)/t19-,20+,21+;/m1./s1. The van der Waals surface area contributed by atoms with Gasteiger partial charge in [-0.25, -0.2) is 4.39 Å². The Morgan fingerprint density at radius 1 is 1.27 bits per heavy atom. The van der Waals surface area contributed by atoms with Crippen molar-refractivity contribution in [2.24, 2.45) is 0 Å². The Kier molecular flexibility index (Phi) is 8.94. The molecule has 2 saturated heterocycles. The van der Waals surface area contributed by atoms with E-state index in [9.17, 15) is 9.18 Å². The smallest absolute Gasteiger partial charge is 0.290 e. The highest BCUT2D eigenvalue weighted by atomic mass is 19.1. The highest BCUT2D eigenvalue weighted by molar-refractivity contribution is 5.96. The van der Waals surface area contributed by atoms with Crippen LogP contribution in [0.5, 0.6) is 0 Å². The van der Waals surface area contributed by atoms with Gasteiger partial charge in [-0.2, -0.15) is 0 Å². The second-order valence-electron chi connectivity index (χ2n) is 8.50. The van der Waals surface area contributed by atoms with E-state index in [1.807, 2.05) is 30.3 Å². The normalized spacial score (nSPS) is 22.1. The summed E-state index contributed by atoms with van der Waals surface area (Å²) < 4.78 is 19.8. The van der Waals surface area contributed by atoms with E-state index in [0.29, 0.717) is 36.6 Å². The summed E-state index contributed by atoms with van der Waals surface area (Å²) in [4.78, 5) is 23.8. The van der Waals surface area contributed by atoms with E-state index < -0.39 is 0 Å². The molecular formula is C25H31FN2O5. The molecule has 0 bridgehead atoms. The van der Waals surface area contributed by atoms with Gasteiger partial charge in [0.15, 0.2) is 0 Å². The number of carbonyl (C=O) groups is 2. The van der Waals surface area contributed by atoms with E-state index >= 15 is 0 Å². The first kappa shape index (κ1) is 24.8. The van der Waals surface area contributed by atoms with Gasteiger partial charge in [0.2, 0.25) is 0 Å². The van der Waals surface area contributed by atoms with Crippen LogP contribution >= 0.6 is 0 Å². The van der Waals surface area contributed by atoms with Crippen molar-refractivity contribution in [2.75, 3.05) is 26.3 Å². The number of aliphatic hydroxyl groups excluding tert-OH is 1. The average Bonchev–Trinajstić information content (AvgIpc) is 3.19. The molecule has 0 aliphatic carbocycles. The van der Waals surface area contributed by atoms with Crippen LogP contribution in [0.4, 0.5) is 4.39 Å². The molecule has 2 heterocycles. The third-order valence-corrected chi connectivity index (χ3v) is 6.17. The minimum absolute atomic E-state index is 0.0660. The predicted octanol–water partition coefficient (Wildman–Crippen LogP) is 2.38. The number of benzene rings is 2. The summed E-state index contributed by atoms with van der Waals surface area (Å²) in [5.41, 5.74) is 2.99. The summed E-state index contributed by atoms with van der Waals surface area (Å²) in [5.74, 6) is -0.311. The number of ether oxygens (including phenoxy) is 1. The molecule has 3 atom stereocenters. The topological polar surface area (TPSA) is 99.1 Å². The lowest BCUT2D eigenvalue weighted by molar-refractivity contribution is -0.122. The van der Waals surface area contributed by atoms with Crippen LogP contribution in [0.15, 0.2) is 42.5 Å². The molecule has 2 aliphatic heterocycles. The Hall–Kier alpha value is -2.81. The van der Waals surface area contributed by atoms with E-state index in [0.717, 1.165) is 30.6 Å². The van der Waals surface area contributed by atoms with E-state index in [-0.39, 0.29) is 36.9 Å². The van der Waals surface area contributed by atoms with Crippen molar-refractivity contribution in [2.45, 2.75) is 44.4 Å². The zero-order valence-electron chi connectivity index (χ0n) is 18.7. The lowest BCUT2D eigenvalue weighted by atomic mass is 9.98. The van der Waals surface area contributed by atoms with E-state index in [4.69, 9.17) is 19.7 Å². The number of aliphatic hydroxyl groups is 1. The second-order valence-corrected chi connectivity index (χ2v) is 8.50. The Morgan fingerprint density at radius 3 is 2.76 bits per heavy atom. The lowest BCUT2D eigenvalue weighted by Gasteiger charge is -2.34. The van der Waals surface area contributed by atoms with Crippen molar-refractivity contribution < 1.29 is 28.9 Å². The number of hydrogen-bond acceptors (Lipinski definition) is 5. The summed E-state index contributed by atoms with van der Waals surface area (Å²) in [6.07, 6.45) is 2.09. The number of hydrogen-bond donors (Lipinski definition) is 3. The van der Waals surface area contributed by atoms with Gasteiger partial charge in [0.25, 0.3) is 12.4 Å². The van der Waals surface area contributed by atoms with Crippen LogP contribution in [0.1, 0.15) is 39.9 Å². The van der Waals surface area contributed by atoms with Crippen LogP contribution in [0.3, 0.4) is 0 Å². The third kappa shape index (κ3) is 6.60. The van der Waals surface area contributed by atoms with Crippen LogP contribution in [-0.2, 0) is 16.0 Å². The lowest BCUT2D eigenvalue weighted by Crippen LogP contribution is -2.46. The van der Waals surface area contributed by atoms with Crippen LogP contribution < -0.4 is 5.32 Å². The SMILES string of the molecule is Cc1ccc(Cc2ccccc2C(=O)N[C@@H]2C[C@H]3CO[C@@H](CCO)CN3C2)cc1F.O=CO. The van der Waals surface area contributed by atoms with Crippen molar-refractivity contribution in [3.63, 3.8) is 0 Å². The molecule has 2 aromatic rings. The molecule has 4 rings (SSSR count). The first-order valence-corrected chi connectivity index (χ1v) is 11.1. The van der Waals surface area contributed by atoms with Gasteiger partial charge in [0.1, 0.15) is 5.82 Å². The van der Waals surface area contributed by atoms with Crippen molar-refractivity contribution in [3.05, 3.63) is 70.5 Å². The number of fused-ring (bicyclic) bond motifs is 1. The molecule has 2 fully saturated rings. The highest BCUT2D eigenvalue weighted by Crippen LogP contribution is 2.25. The van der Waals surface area contributed by atoms with Crippen molar-refractivity contribution in [3.8, 4) is 0 Å². The largest absolute Gasteiger partial charge is 0.483 e. The van der Waals surface area contributed by atoms with Crippen molar-refractivity contribution in [1.82, 2.24) is 10.2 Å². The summed E-state index contributed by atoms with van der Waals surface area (Å²) in [6, 6.07) is 13.1. The van der Waals surface area contributed by atoms with E-state index in [1.165, 1.54) is 0 Å². The Morgan fingerprint density at radius 2 is 2.03 bits per heavy atom. The van der Waals surface area contributed by atoms with Gasteiger partial charge in [0.05, 0.1) is 12.7 Å². The summed E-state index contributed by atoms with van der Waals surface area (Å²) in [5, 5.41) is 19.2. The molecule has 33 heavy (non-hydrogen) atoms. The Labute approximate surface area is 193 Å². The molecule has 3 N–H and O–H groups in total. The molecule has 0 radical (unpaired) electrons. The third-order valence-electron chi connectivity index (χ3n) is 6.17. The molecule has 7 nitrogen and oxygen atoms in total. The van der Waals surface area contributed by atoms with E-state index in [1.54, 1.807) is 19.1 Å². The van der Waals surface area contributed by atoms with Gasteiger partial charge in [-0.1, -0.05) is 30.3 Å². The molecule has 0 aromatic heterocycles. The first-order valence-electron chi connectivity index (χ1n) is 11.1. The monoisotopic (exact) mass is 458 g/mol. The molecule has 0 unspecified atom stereocenters. The molecule has 2 aliphatic rings. The Balaban J connectivity index is 0.000000968. The number of carboxylic acid groups (broad SMARTS) is 1. The number of amides is 1.